The number of ether oxygens (including phenoxy) is 1. The maximum absolute atomic E-state index is 12.3. The van der Waals surface area contributed by atoms with Crippen LogP contribution in [0.4, 0.5) is 5.69 Å². The molecule has 0 aliphatic rings. The van der Waals surface area contributed by atoms with Crippen LogP contribution in [-0.2, 0) is 0 Å². The fourth-order valence-corrected chi connectivity index (χ4v) is 2.66. The van der Waals surface area contributed by atoms with Crippen molar-refractivity contribution in [3.8, 4) is 5.75 Å². The van der Waals surface area contributed by atoms with E-state index in [-0.39, 0.29) is 11.0 Å². The quantitative estimate of drug-likeness (QED) is 0.735. The first-order chi connectivity index (χ1) is 12.0. The number of hydrogen-bond donors (Lipinski definition) is 2. The van der Waals surface area contributed by atoms with Crippen LogP contribution in [0.25, 0.3) is 0 Å². The lowest BCUT2D eigenvalue weighted by Crippen LogP contribution is -2.34. The van der Waals surface area contributed by atoms with Gasteiger partial charge in [0, 0.05) is 11.3 Å². The van der Waals surface area contributed by atoms with Crippen LogP contribution in [0.5, 0.6) is 5.75 Å². The van der Waals surface area contributed by atoms with E-state index in [0.717, 1.165) is 17.9 Å². The number of thiocarbonyl (C=S) groups is 1. The van der Waals surface area contributed by atoms with Crippen LogP contribution in [0, 0.1) is 0 Å². The van der Waals surface area contributed by atoms with E-state index in [1.807, 2.05) is 25.1 Å². The van der Waals surface area contributed by atoms with E-state index in [4.69, 9.17) is 17.0 Å². The van der Waals surface area contributed by atoms with Crippen molar-refractivity contribution in [2.24, 2.45) is 0 Å². The number of nitrogens with one attached hydrogen (secondary N) is 2. The molecule has 1 atom stereocenters. The van der Waals surface area contributed by atoms with Gasteiger partial charge in [-0.3, -0.25) is 10.1 Å². The summed E-state index contributed by atoms with van der Waals surface area (Å²) in [7, 11) is 0. The van der Waals surface area contributed by atoms with Crippen molar-refractivity contribution in [3.63, 3.8) is 0 Å². The SMILES string of the molecule is CCOc1ccc(C(=O)NC(=S)Nc2ccccc2[C@@H](C)CC)cc1. The molecule has 0 bridgehead atoms. The Labute approximate surface area is 154 Å². The summed E-state index contributed by atoms with van der Waals surface area (Å²) in [6.45, 7) is 6.83. The van der Waals surface area contributed by atoms with Crippen LogP contribution in [0.2, 0.25) is 0 Å². The molecule has 25 heavy (non-hydrogen) atoms. The Morgan fingerprint density at radius 2 is 1.80 bits per heavy atom. The van der Waals surface area contributed by atoms with E-state index in [9.17, 15) is 4.79 Å². The third kappa shape index (κ3) is 5.29. The first-order valence-corrected chi connectivity index (χ1v) is 8.90. The number of carbonyl (C=O) groups is 1. The summed E-state index contributed by atoms with van der Waals surface area (Å²) in [5, 5.41) is 6.14. The maximum Gasteiger partial charge on any atom is 0.257 e. The van der Waals surface area contributed by atoms with Crippen molar-refractivity contribution in [1.29, 1.82) is 0 Å². The Hall–Kier alpha value is -2.40. The second-order valence-corrected chi connectivity index (χ2v) is 6.17. The van der Waals surface area contributed by atoms with Crippen molar-refractivity contribution in [2.45, 2.75) is 33.1 Å². The van der Waals surface area contributed by atoms with Crippen LogP contribution in [-0.4, -0.2) is 17.6 Å². The largest absolute Gasteiger partial charge is 0.494 e. The summed E-state index contributed by atoms with van der Waals surface area (Å²) in [5.41, 5.74) is 2.64. The van der Waals surface area contributed by atoms with E-state index < -0.39 is 0 Å². The van der Waals surface area contributed by atoms with Gasteiger partial charge in [0.15, 0.2) is 5.11 Å². The molecule has 0 aliphatic carbocycles. The van der Waals surface area contributed by atoms with Gasteiger partial charge in [-0.2, -0.15) is 0 Å². The molecule has 2 aromatic rings. The van der Waals surface area contributed by atoms with Crippen LogP contribution >= 0.6 is 12.2 Å². The van der Waals surface area contributed by atoms with Gasteiger partial charge in [-0.15, -0.1) is 0 Å². The predicted octanol–water partition coefficient (Wildman–Crippen LogP) is 4.73. The minimum Gasteiger partial charge on any atom is -0.494 e. The van der Waals surface area contributed by atoms with E-state index in [1.54, 1.807) is 24.3 Å². The Morgan fingerprint density at radius 1 is 1.12 bits per heavy atom. The highest BCUT2D eigenvalue weighted by Gasteiger charge is 2.12. The van der Waals surface area contributed by atoms with Gasteiger partial charge in [0.25, 0.3) is 5.91 Å². The molecule has 5 heteroatoms. The predicted molar refractivity (Wildman–Crippen MR) is 106 cm³/mol. The third-order valence-corrected chi connectivity index (χ3v) is 4.21. The lowest BCUT2D eigenvalue weighted by Gasteiger charge is -2.17. The van der Waals surface area contributed by atoms with Gasteiger partial charge < -0.3 is 10.1 Å². The molecule has 132 valence electrons. The van der Waals surface area contributed by atoms with Crippen LogP contribution in [0.1, 0.15) is 49.0 Å². The minimum atomic E-state index is -0.249. The average molecular weight is 356 g/mol. The Balaban J connectivity index is 2.01. The lowest BCUT2D eigenvalue weighted by atomic mass is 9.97. The van der Waals surface area contributed by atoms with Crippen LogP contribution in [0.3, 0.4) is 0 Å². The maximum atomic E-state index is 12.3. The van der Waals surface area contributed by atoms with Crippen molar-refractivity contribution in [3.05, 3.63) is 59.7 Å². The van der Waals surface area contributed by atoms with Crippen LogP contribution < -0.4 is 15.4 Å². The molecule has 0 aromatic heterocycles. The molecule has 2 rings (SSSR count). The molecule has 2 N–H and O–H groups in total. The number of carbonyl (C=O) groups excluding carboxylic acids is 1. The van der Waals surface area contributed by atoms with E-state index in [2.05, 4.69) is 30.5 Å². The summed E-state index contributed by atoms with van der Waals surface area (Å²) in [6.07, 6.45) is 1.03. The smallest absolute Gasteiger partial charge is 0.257 e. The molecule has 2 aromatic carbocycles. The minimum absolute atomic E-state index is 0.249. The molecular formula is C20H24N2O2S. The Bertz CT molecular complexity index is 729. The molecule has 4 nitrogen and oxygen atoms in total. The van der Waals surface area contributed by atoms with Crippen molar-refractivity contribution >= 4 is 28.9 Å². The Kier molecular flexibility index (Phi) is 6.95. The fourth-order valence-electron chi connectivity index (χ4n) is 2.46. The zero-order valence-corrected chi connectivity index (χ0v) is 15.7. The van der Waals surface area contributed by atoms with Crippen LogP contribution in [0.15, 0.2) is 48.5 Å². The van der Waals surface area contributed by atoms with Gasteiger partial charge in [-0.25, -0.2) is 0 Å². The summed E-state index contributed by atoms with van der Waals surface area (Å²) in [5.74, 6) is 0.900. The van der Waals surface area contributed by atoms with Crippen molar-refractivity contribution < 1.29 is 9.53 Å². The van der Waals surface area contributed by atoms with Gasteiger partial charge in [-0.1, -0.05) is 32.0 Å². The highest BCUT2D eigenvalue weighted by atomic mass is 32.1. The number of hydrogen-bond acceptors (Lipinski definition) is 3. The average Bonchev–Trinajstić information content (AvgIpc) is 2.62. The number of benzene rings is 2. The number of para-hydroxylation sites is 1. The molecule has 0 saturated carbocycles. The zero-order valence-electron chi connectivity index (χ0n) is 14.8. The lowest BCUT2D eigenvalue weighted by molar-refractivity contribution is 0.0977. The molecule has 0 radical (unpaired) electrons. The molecular weight excluding hydrogens is 332 g/mol. The normalized spacial score (nSPS) is 11.5. The first-order valence-electron chi connectivity index (χ1n) is 8.49. The highest BCUT2D eigenvalue weighted by molar-refractivity contribution is 7.80. The zero-order chi connectivity index (χ0) is 18.2. The molecule has 0 spiro atoms. The molecule has 0 saturated heterocycles. The number of amides is 1. The van der Waals surface area contributed by atoms with Gasteiger partial charge >= 0.3 is 0 Å². The van der Waals surface area contributed by atoms with E-state index >= 15 is 0 Å². The third-order valence-electron chi connectivity index (χ3n) is 4.01. The number of rotatable bonds is 6. The van der Waals surface area contributed by atoms with Gasteiger partial charge in [-0.05, 0) is 67.4 Å². The Morgan fingerprint density at radius 3 is 2.44 bits per heavy atom. The van der Waals surface area contributed by atoms with Crippen molar-refractivity contribution in [1.82, 2.24) is 5.32 Å². The molecule has 0 heterocycles. The number of anilines is 1. The van der Waals surface area contributed by atoms with Gasteiger partial charge in [0.05, 0.1) is 6.61 Å². The monoisotopic (exact) mass is 356 g/mol. The standard InChI is InChI=1S/C20H24N2O2S/c1-4-14(3)17-8-6-7-9-18(17)21-20(25)22-19(23)15-10-12-16(13-11-15)24-5-2/h6-14H,4-5H2,1-3H3,(H2,21,22,23,25)/t14-/m0/s1. The summed E-state index contributed by atoms with van der Waals surface area (Å²) < 4.78 is 5.38. The second kappa shape index (κ2) is 9.18. The highest BCUT2D eigenvalue weighted by Crippen LogP contribution is 2.26. The molecule has 0 unspecified atom stereocenters. The van der Waals surface area contributed by atoms with Gasteiger partial charge in [0.1, 0.15) is 5.75 Å². The van der Waals surface area contributed by atoms with E-state index in [0.29, 0.717) is 18.1 Å². The topological polar surface area (TPSA) is 50.4 Å². The molecule has 1 amide bonds. The van der Waals surface area contributed by atoms with Crippen molar-refractivity contribution in [2.75, 3.05) is 11.9 Å². The summed E-state index contributed by atoms with van der Waals surface area (Å²) >= 11 is 5.29. The fraction of sp³-hybridized carbons (Fsp3) is 0.300. The first kappa shape index (κ1) is 18.9. The van der Waals surface area contributed by atoms with Gasteiger partial charge in [0.2, 0.25) is 0 Å². The second-order valence-electron chi connectivity index (χ2n) is 5.76. The van der Waals surface area contributed by atoms with E-state index in [1.165, 1.54) is 5.56 Å². The summed E-state index contributed by atoms with van der Waals surface area (Å²) in [6, 6.07) is 15.0. The molecule has 0 fully saturated rings. The summed E-state index contributed by atoms with van der Waals surface area (Å²) in [4.78, 5) is 12.3. The molecule has 0 aliphatic heterocycles.